The predicted octanol–water partition coefficient (Wildman–Crippen LogP) is 4.45. The summed E-state index contributed by atoms with van der Waals surface area (Å²) in [6.45, 7) is 0.218. The zero-order valence-corrected chi connectivity index (χ0v) is 20.3. The minimum absolute atomic E-state index is 0.0938. The van der Waals surface area contributed by atoms with E-state index in [-0.39, 0.29) is 35.9 Å². The van der Waals surface area contributed by atoms with Crippen LogP contribution in [0.25, 0.3) is 0 Å². The smallest absolute Gasteiger partial charge is 0.247 e. The summed E-state index contributed by atoms with van der Waals surface area (Å²) in [5.41, 5.74) is 1.08. The third-order valence-corrected chi connectivity index (χ3v) is 6.39. The first-order valence-corrected chi connectivity index (χ1v) is 12.2. The molecule has 3 aromatic carbocycles. The van der Waals surface area contributed by atoms with Crippen LogP contribution in [-0.4, -0.2) is 44.3 Å². The number of benzene rings is 3. The molecule has 1 aromatic heterocycles. The van der Waals surface area contributed by atoms with E-state index in [0.29, 0.717) is 42.1 Å². The van der Waals surface area contributed by atoms with Gasteiger partial charge in [0.05, 0.1) is 12.4 Å². The van der Waals surface area contributed by atoms with Gasteiger partial charge >= 0.3 is 0 Å². The molecular weight excluding hydrogens is 492 g/mol. The van der Waals surface area contributed by atoms with E-state index >= 15 is 0 Å². The van der Waals surface area contributed by atoms with Gasteiger partial charge in [-0.3, -0.25) is 9.59 Å². The summed E-state index contributed by atoms with van der Waals surface area (Å²) in [5, 5.41) is 10.8. The number of aromatic nitrogens is 3. The van der Waals surface area contributed by atoms with E-state index in [4.69, 9.17) is 4.74 Å². The number of rotatable bonds is 8. The Labute approximate surface area is 217 Å². The summed E-state index contributed by atoms with van der Waals surface area (Å²) in [6.07, 6.45) is 3.76. The quantitative estimate of drug-likeness (QED) is 0.373. The highest BCUT2D eigenvalue weighted by Gasteiger charge is 2.39. The summed E-state index contributed by atoms with van der Waals surface area (Å²) < 4.78 is 33.1. The average molecular weight is 518 g/mol. The molecule has 1 aliphatic heterocycles. The zero-order chi connectivity index (χ0) is 26.5. The van der Waals surface area contributed by atoms with Crippen LogP contribution in [0.15, 0.2) is 85.2 Å². The molecule has 0 radical (unpaired) electrons. The molecule has 5 rings (SSSR count). The standard InChI is InChI=1S/C28H25F2N5O3/c29-21-5-9-23(10-6-21)38-24-11-7-22(8-12-24)33-28(37)26-16-19(15-20-3-1-2-4-25(20)30)17-34(26)27(36)18-35-31-13-14-32-35/h1-14,19,26H,15-18H2,(H,33,37). The number of hydrogen-bond donors (Lipinski definition) is 1. The van der Waals surface area contributed by atoms with Crippen LogP contribution in [-0.2, 0) is 22.6 Å². The second-order valence-corrected chi connectivity index (χ2v) is 9.09. The fourth-order valence-electron chi connectivity index (χ4n) is 4.58. The Bertz CT molecular complexity index is 1400. The number of likely N-dealkylation sites (tertiary alicyclic amines) is 1. The number of carbonyl (C=O) groups is 2. The molecule has 0 saturated carbocycles. The lowest BCUT2D eigenvalue weighted by Crippen LogP contribution is -2.44. The van der Waals surface area contributed by atoms with Crippen LogP contribution in [0.2, 0.25) is 0 Å². The molecule has 8 nitrogen and oxygen atoms in total. The van der Waals surface area contributed by atoms with Gasteiger partial charge in [-0.05, 0) is 78.9 Å². The van der Waals surface area contributed by atoms with Crippen LogP contribution in [0.5, 0.6) is 11.5 Å². The van der Waals surface area contributed by atoms with Gasteiger partial charge in [-0.25, -0.2) is 8.78 Å². The Kier molecular flexibility index (Phi) is 7.39. The molecule has 0 spiro atoms. The first-order chi connectivity index (χ1) is 18.4. The van der Waals surface area contributed by atoms with Crippen LogP contribution in [0.1, 0.15) is 12.0 Å². The van der Waals surface area contributed by atoms with Crippen molar-refractivity contribution >= 4 is 17.5 Å². The third kappa shape index (κ3) is 6.03. The van der Waals surface area contributed by atoms with Gasteiger partial charge in [0.2, 0.25) is 11.8 Å². The highest BCUT2D eigenvalue weighted by Crippen LogP contribution is 2.29. The molecule has 0 bridgehead atoms. The first kappa shape index (κ1) is 25.1. The summed E-state index contributed by atoms with van der Waals surface area (Å²) >= 11 is 0. The van der Waals surface area contributed by atoms with Crippen molar-refractivity contribution in [1.82, 2.24) is 19.9 Å². The number of nitrogens with one attached hydrogen (secondary N) is 1. The molecular formula is C28H25F2N5O3. The molecule has 194 valence electrons. The third-order valence-electron chi connectivity index (χ3n) is 6.39. The number of nitrogens with zero attached hydrogens (tertiary/aromatic N) is 4. The SMILES string of the molecule is O=C(Nc1ccc(Oc2ccc(F)cc2)cc1)C1CC(Cc2ccccc2F)CN1C(=O)Cn1nccn1. The Hall–Kier alpha value is -4.60. The lowest BCUT2D eigenvalue weighted by molar-refractivity contribution is -0.137. The van der Waals surface area contributed by atoms with E-state index < -0.39 is 6.04 Å². The van der Waals surface area contributed by atoms with Crippen LogP contribution in [0.3, 0.4) is 0 Å². The van der Waals surface area contributed by atoms with Gasteiger partial charge in [-0.2, -0.15) is 15.0 Å². The van der Waals surface area contributed by atoms with Crippen molar-refractivity contribution in [3.63, 3.8) is 0 Å². The topological polar surface area (TPSA) is 89.4 Å². The van der Waals surface area contributed by atoms with Crippen molar-refractivity contribution in [3.05, 3.63) is 102 Å². The molecule has 2 atom stereocenters. The summed E-state index contributed by atoms with van der Waals surface area (Å²) in [5.74, 6) is -0.382. The number of carbonyl (C=O) groups excluding carboxylic acids is 2. The fourth-order valence-corrected chi connectivity index (χ4v) is 4.58. The molecule has 1 fully saturated rings. The van der Waals surface area contributed by atoms with E-state index in [2.05, 4.69) is 15.5 Å². The van der Waals surface area contributed by atoms with Crippen LogP contribution >= 0.6 is 0 Å². The second kappa shape index (κ2) is 11.2. The molecule has 38 heavy (non-hydrogen) atoms. The van der Waals surface area contributed by atoms with E-state index in [1.165, 1.54) is 52.4 Å². The molecule has 1 N–H and O–H groups in total. The molecule has 2 heterocycles. The average Bonchev–Trinajstić information content (AvgIpc) is 3.58. The van der Waals surface area contributed by atoms with Gasteiger partial charge in [0.1, 0.15) is 35.7 Å². The van der Waals surface area contributed by atoms with Gasteiger partial charge < -0.3 is 15.0 Å². The molecule has 1 saturated heterocycles. The maximum absolute atomic E-state index is 14.3. The Morgan fingerprint density at radius 1 is 0.921 bits per heavy atom. The highest BCUT2D eigenvalue weighted by atomic mass is 19.1. The maximum Gasteiger partial charge on any atom is 0.247 e. The molecule has 1 aliphatic rings. The molecule has 2 amide bonds. The second-order valence-electron chi connectivity index (χ2n) is 9.09. The Morgan fingerprint density at radius 3 is 2.26 bits per heavy atom. The van der Waals surface area contributed by atoms with Crippen molar-refractivity contribution in [2.75, 3.05) is 11.9 Å². The number of halogens is 2. The van der Waals surface area contributed by atoms with E-state index in [1.807, 2.05) is 0 Å². The first-order valence-electron chi connectivity index (χ1n) is 12.2. The highest BCUT2D eigenvalue weighted by molar-refractivity contribution is 5.97. The molecule has 2 unspecified atom stereocenters. The lowest BCUT2D eigenvalue weighted by atomic mass is 9.96. The van der Waals surface area contributed by atoms with E-state index in [0.717, 1.165) is 0 Å². The number of amides is 2. The molecule has 4 aromatic rings. The summed E-state index contributed by atoms with van der Waals surface area (Å²) in [7, 11) is 0. The number of ether oxygens (including phenoxy) is 1. The zero-order valence-electron chi connectivity index (χ0n) is 20.3. The van der Waals surface area contributed by atoms with Crippen molar-refractivity contribution in [2.24, 2.45) is 5.92 Å². The summed E-state index contributed by atoms with van der Waals surface area (Å²) in [4.78, 5) is 29.2. The van der Waals surface area contributed by atoms with Gasteiger partial charge in [-0.1, -0.05) is 18.2 Å². The van der Waals surface area contributed by atoms with Crippen molar-refractivity contribution in [2.45, 2.75) is 25.4 Å². The largest absolute Gasteiger partial charge is 0.457 e. The summed E-state index contributed by atoms with van der Waals surface area (Å²) in [6, 6.07) is 18.2. The number of hydrogen-bond acceptors (Lipinski definition) is 5. The van der Waals surface area contributed by atoms with Crippen LogP contribution in [0.4, 0.5) is 14.5 Å². The number of anilines is 1. The van der Waals surface area contributed by atoms with E-state index in [1.54, 1.807) is 42.5 Å². The van der Waals surface area contributed by atoms with Crippen LogP contribution < -0.4 is 10.1 Å². The maximum atomic E-state index is 14.3. The van der Waals surface area contributed by atoms with Crippen molar-refractivity contribution in [1.29, 1.82) is 0 Å². The van der Waals surface area contributed by atoms with Gasteiger partial charge in [0, 0.05) is 12.2 Å². The van der Waals surface area contributed by atoms with Crippen LogP contribution in [0, 0.1) is 17.6 Å². The minimum atomic E-state index is -0.732. The normalized spacial score (nSPS) is 16.8. The van der Waals surface area contributed by atoms with Gasteiger partial charge in [-0.15, -0.1) is 0 Å². The fraction of sp³-hybridized carbons (Fsp3) is 0.214. The predicted molar refractivity (Wildman–Crippen MR) is 135 cm³/mol. The van der Waals surface area contributed by atoms with Crippen molar-refractivity contribution in [3.8, 4) is 11.5 Å². The van der Waals surface area contributed by atoms with Gasteiger partial charge in [0.15, 0.2) is 0 Å². The Morgan fingerprint density at radius 2 is 1.58 bits per heavy atom. The molecule has 10 heteroatoms. The minimum Gasteiger partial charge on any atom is -0.457 e. The van der Waals surface area contributed by atoms with Crippen molar-refractivity contribution < 1.29 is 23.1 Å². The monoisotopic (exact) mass is 517 g/mol. The van der Waals surface area contributed by atoms with E-state index in [9.17, 15) is 18.4 Å². The van der Waals surface area contributed by atoms with Gasteiger partial charge in [0.25, 0.3) is 0 Å². The molecule has 0 aliphatic carbocycles. The lowest BCUT2D eigenvalue weighted by Gasteiger charge is -2.23. The Balaban J connectivity index is 1.27.